The highest BCUT2D eigenvalue weighted by atomic mass is 16.5. The minimum absolute atomic E-state index is 0.649. The topological polar surface area (TPSA) is 42.4 Å². The lowest BCUT2D eigenvalue weighted by Crippen LogP contribution is -2.02. The maximum Gasteiger partial charge on any atom is 0.137 e. The van der Waals surface area contributed by atoms with Crippen LogP contribution in [0.1, 0.15) is 23.8 Å². The number of ether oxygens (including phenoxy) is 1. The second-order valence-corrected chi connectivity index (χ2v) is 3.38. The van der Waals surface area contributed by atoms with E-state index in [1.165, 1.54) is 0 Å². The molecule has 1 aliphatic heterocycles. The molecular formula is C11H13NO2. The van der Waals surface area contributed by atoms with E-state index in [4.69, 9.17) is 4.74 Å². The van der Waals surface area contributed by atoms with Crippen molar-refractivity contribution in [2.45, 2.75) is 19.4 Å². The molecular weight excluding hydrogens is 178 g/mol. The van der Waals surface area contributed by atoms with E-state index in [1.807, 2.05) is 25.1 Å². The summed E-state index contributed by atoms with van der Waals surface area (Å²) in [4.78, 5) is 4.13. The largest absolute Gasteiger partial charge is 0.495 e. The summed E-state index contributed by atoms with van der Waals surface area (Å²) in [5, 5.41) is 9.88. The Morgan fingerprint density at radius 1 is 1.50 bits per heavy atom. The first-order valence-corrected chi connectivity index (χ1v) is 4.71. The zero-order valence-corrected chi connectivity index (χ0v) is 8.10. The molecule has 0 fully saturated rings. The zero-order valence-electron chi connectivity index (χ0n) is 8.10. The fourth-order valence-corrected chi connectivity index (χ4v) is 1.43. The molecule has 2 rings (SSSR count). The van der Waals surface area contributed by atoms with Gasteiger partial charge >= 0.3 is 0 Å². The third-order valence-corrected chi connectivity index (χ3v) is 2.25. The lowest BCUT2D eigenvalue weighted by atomic mass is 10.1. The molecule has 0 saturated heterocycles. The Morgan fingerprint density at radius 3 is 2.93 bits per heavy atom. The van der Waals surface area contributed by atoms with Crippen LogP contribution in [-0.2, 0) is 4.74 Å². The van der Waals surface area contributed by atoms with Gasteiger partial charge in [-0.15, -0.1) is 0 Å². The average Bonchev–Trinajstić information content (AvgIpc) is 2.71. The predicted molar refractivity (Wildman–Crippen MR) is 52.6 cm³/mol. The Kier molecular flexibility index (Phi) is 2.50. The summed E-state index contributed by atoms with van der Waals surface area (Å²) in [6.45, 7) is 2.59. The Balaban J connectivity index is 2.18. The molecule has 0 aliphatic carbocycles. The van der Waals surface area contributed by atoms with Gasteiger partial charge in [-0.2, -0.15) is 0 Å². The van der Waals surface area contributed by atoms with Crippen molar-refractivity contribution in [1.29, 1.82) is 0 Å². The Hall–Kier alpha value is -1.35. The number of pyridine rings is 1. The standard InChI is InChI=1S/C11H13NO2/c1-8-4-5-9(7-12-8)11(13)10-3-2-6-14-10/h3-5,7,11,13H,2,6H2,1H3. The predicted octanol–water partition coefficient (Wildman–Crippen LogP) is 1.73. The lowest BCUT2D eigenvalue weighted by molar-refractivity contribution is 0.118. The molecule has 0 saturated carbocycles. The van der Waals surface area contributed by atoms with Crippen molar-refractivity contribution in [2.24, 2.45) is 0 Å². The minimum atomic E-state index is -0.661. The summed E-state index contributed by atoms with van der Waals surface area (Å²) < 4.78 is 5.28. The van der Waals surface area contributed by atoms with Gasteiger partial charge in [-0.1, -0.05) is 6.07 Å². The van der Waals surface area contributed by atoms with Crippen molar-refractivity contribution in [1.82, 2.24) is 4.98 Å². The van der Waals surface area contributed by atoms with E-state index in [-0.39, 0.29) is 0 Å². The number of rotatable bonds is 2. The van der Waals surface area contributed by atoms with Crippen LogP contribution in [0.15, 0.2) is 30.2 Å². The van der Waals surface area contributed by atoms with E-state index in [0.717, 1.165) is 17.7 Å². The molecule has 1 unspecified atom stereocenters. The molecule has 0 spiro atoms. The van der Waals surface area contributed by atoms with E-state index in [0.29, 0.717) is 12.4 Å². The van der Waals surface area contributed by atoms with Crippen LogP contribution < -0.4 is 0 Å². The van der Waals surface area contributed by atoms with E-state index >= 15 is 0 Å². The van der Waals surface area contributed by atoms with Crippen molar-refractivity contribution in [3.05, 3.63) is 41.4 Å². The van der Waals surface area contributed by atoms with Gasteiger partial charge in [-0.25, -0.2) is 0 Å². The number of hydrogen-bond acceptors (Lipinski definition) is 3. The highest BCUT2D eigenvalue weighted by Gasteiger charge is 2.17. The molecule has 0 bridgehead atoms. The third kappa shape index (κ3) is 1.77. The monoisotopic (exact) mass is 191 g/mol. The van der Waals surface area contributed by atoms with Gasteiger partial charge in [-0.05, 0) is 19.1 Å². The molecule has 2 heterocycles. The summed E-state index contributed by atoms with van der Waals surface area (Å²) >= 11 is 0. The van der Waals surface area contributed by atoms with E-state index in [2.05, 4.69) is 4.98 Å². The van der Waals surface area contributed by atoms with Crippen LogP contribution in [0, 0.1) is 6.92 Å². The van der Waals surface area contributed by atoms with Gasteiger partial charge < -0.3 is 9.84 Å². The minimum Gasteiger partial charge on any atom is -0.495 e. The second kappa shape index (κ2) is 3.80. The molecule has 1 atom stereocenters. The van der Waals surface area contributed by atoms with Gasteiger partial charge in [0.1, 0.15) is 11.9 Å². The van der Waals surface area contributed by atoms with Crippen LogP contribution in [-0.4, -0.2) is 16.7 Å². The van der Waals surface area contributed by atoms with Gasteiger partial charge in [-0.3, -0.25) is 4.98 Å². The molecule has 1 aromatic heterocycles. The second-order valence-electron chi connectivity index (χ2n) is 3.38. The number of aryl methyl sites for hydroxylation is 1. The highest BCUT2D eigenvalue weighted by Crippen LogP contribution is 2.25. The summed E-state index contributed by atoms with van der Waals surface area (Å²) in [6.07, 6.45) is 3.82. The molecule has 1 aliphatic rings. The SMILES string of the molecule is Cc1ccc(C(O)C2=CCCO2)cn1. The van der Waals surface area contributed by atoms with Gasteiger partial charge in [0.2, 0.25) is 0 Å². The Labute approximate surface area is 83.1 Å². The maximum atomic E-state index is 9.88. The summed E-state index contributed by atoms with van der Waals surface area (Å²) in [5.74, 6) is 0.649. The molecule has 1 aromatic rings. The van der Waals surface area contributed by atoms with E-state index in [9.17, 15) is 5.11 Å². The molecule has 14 heavy (non-hydrogen) atoms. The average molecular weight is 191 g/mol. The van der Waals surface area contributed by atoms with Crippen molar-refractivity contribution in [3.8, 4) is 0 Å². The molecule has 0 aromatic carbocycles. The van der Waals surface area contributed by atoms with Crippen LogP contribution in [0.25, 0.3) is 0 Å². The lowest BCUT2D eigenvalue weighted by Gasteiger charge is -2.11. The van der Waals surface area contributed by atoms with Crippen molar-refractivity contribution in [3.63, 3.8) is 0 Å². The maximum absolute atomic E-state index is 9.88. The smallest absolute Gasteiger partial charge is 0.137 e. The van der Waals surface area contributed by atoms with Crippen LogP contribution >= 0.6 is 0 Å². The molecule has 3 nitrogen and oxygen atoms in total. The van der Waals surface area contributed by atoms with Crippen LogP contribution in [0.5, 0.6) is 0 Å². The summed E-state index contributed by atoms with van der Waals surface area (Å²) in [5.41, 5.74) is 1.73. The van der Waals surface area contributed by atoms with Gasteiger partial charge in [0, 0.05) is 23.9 Å². The fraction of sp³-hybridized carbons (Fsp3) is 0.364. The Morgan fingerprint density at radius 2 is 2.36 bits per heavy atom. The number of aromatic nitrogens is 1. The first-order valence-electron chi connectivity index (χ1n) is 4.71. The van der Waals surface area contributed by atoms with Gasteiger partial charge in [0.05, 0.1) is 6.61 Å². The molecule has 1 N–H and O–H groups in total. The van der Waals surface area contributed by atoms with Crippen LogP contribution in [0.4, 0.5) is 0 Å². The normalized spacial score (nSPS) is 17.4. The number of aliphatic hydroxyl groups is 1. The first kappa shape index (κ1) is 9.21. The third-order valence-electron chi connectivity index (χ3n) is 2.25. The number of aliphatic hydroxyl groups excluding tert-OH is 1. The van der Waals surface area contributed by atoms with Gasteiger partial charge in [0.15, 0.2) is 0 Å². The number of nitrogens with zero attached hydrogens (tertiary/aromatic N) is 1. The summed E-state index contributed by atoms with van der Waals surface area (Å²) in [7, 11) is 0. The van der Waals surface area contributed by atoms with Crippen LogP contribution in [0.3, 0.4) is 0 Å². The molecule has 0 amide bonds. The summed E-state index contributed by atoms with van der Waals surface area (Å²) in [6, 6.07) is 3.75. The van der Waals surface area contributed by atoms with E-state index < -0.39 is 6.10 Å². The highest BCUT2D eigenvalue weighted by molar-refractivity contribution is 5.22. The number of hydrogen-bond donors (Lipinski definition) is 1. The first-order chi connectivity index (χ1) is 6.77. The quantitative estimate of drug-likeness (QED) is 0.774. The molecule has 74 valence electrons. The van der Waals surface area contributed by atoms with Crippen molar-refractivity contribution in [2.75, 3.05) is 6.61 Å². The van der Waals surface area contributed by atoms with Crippen molar-refractivity contribution >= 4 is 0 Å². The van der Waals surface area contributed by atoms with Gasteiger partial charge in [0.25, 0.3) is 0 Å². The molecule has 0 radical (unpaired) electrons. The molecule has 3 heteroatoms. The van der Waals surface area contributed by atoms with Crippen LogP contribution in [0.2, 0.25) is 0 Å². The fourth-order valence-electron chi connectivity index (χ4n) is 1.43. The zero-order chi connectivity index (χ0) is 9.97. The Bertz CT molecular complexity index is 343. The van der Waals surface area contributed by atoms with E-state index in [1.54, 1.807) is 6.20 Å². The van der Waals surface area contributed by atoms with Crippen molar-refractivity contribution < 1.29 is 9.84 Å².